The molecule has 0 amide bonds. The maximum atomic E-state index is 10.5. The Hall–Kier alpha value is -2.54. The first kappa shape index (κ1) is 21.7. The molecular formula is C26H28O5. The third kappa shape index (κ3) is 6.23. The van der Waals surface area contributed by atoms with Crippen LogP contribution in [0.15, 0.2) is 91.0 Å². The van der Waals surface area contributed by atoms with Crippen molar-refractivity contribution in [1.29, 1.82) is 0 Å². The molecule has 4 atom stereocenters. The van der Waals surface area contributed by atoms with Crippen LogP contribution in [0.3, 0.4) is 0 Å². The van der Waals surface area contributed by atoms with Crippen molar-refractivity contribution < 1.29 is 24.1 Å². The molecule has 4 rings (SSSR count). The lowest BCUT2D eigenvalue weighted by Crippen LogP contribution is -2.39. The standard InChI is InChI=1S/C26H28O5/c27-26-25(30-18-22-14-8-3-9-15-22)24(29-17-21-12-6-2-7-13-21)23(31-26)19-28-16-20-10-4-1-5-11-20/h1-15,23-27H,16-19H2/t23-,24+,25-,26?/m1/s1. The zero-order valence-corrected chi connectivity index (χ0v) is 17.4. The van der Waals surface area contributed by atoms with Crippen LogP contribution in [-0.4, -0.2) is 36.3 Å². The Bertz CT molecular complexity index is 887. The molecule has 3 aromatic carbocycles. The van der Waals surface area contributed by atoms with E-state index in [1.807, 2.05) is 91.0 Å². The van der Waals surface area contributed by atoms with E-state index in [0.29, 0.717) is 26.4 Å². The highest BCUT2D eigenvalue weighted by Crippen LogP contribution is 2.28. The molecule has 162 valence electrons. The van der Waals surface area contributed by atoms with Crippen molar-refractivity contribution in [1.82, 2.24) is 0 Å². The maximum Gasteiger partial charge on any atom is 0.184 e. The van der Waals surface area contributed by atoms with Crippen LogP contribution in [0.25, 0.3) is 0 Å². The highest BCUT2D eigenvalue weighted by molar-refractivity contribution is 5.15. The van der Waals surface area contributed by atoms with Gasteiger partial charge in [-0.25, -0.2) is 0 Å². The molecule has 0 bridgehead atoms. The molecule has 0 saturated carbocycles. The molecule has 1 aliphatic rings. The molecule has 1 fully saturated rings. The third-order valence-corrected chi connectivity index (χ3v) is 5.25. The number of hydrogen-bond acceptors (Lipinski definition) is 5. The first-order chi connectivity index (χ1) is 15.3. The summed E-state index contributed by atoms with van der Waals surface area (Å²) in [6.45, 7) is 1.55. The number of ether oxygens (including phenoxy) is 4. The van der Waals surface area contributed by atoms with Gasteiger partial charge >= 0.3 is 0 Å². The molecule has 3 aromatic rings. The number of aliphatic hydroxyl groups excluding tert-OH is 1. The van der Waals surface area contributed by atoms with Gasteiger partial charge in [0.2, 0.25) is 0 Å². The molecule has 1 unspecified atom stereocenters. The Morgan fingerprint density at radius 2 is 1.06 bits per heavy atom. The van der Waals surface area contributed by atoms with Gasteiger partial charge in [0.15, 0.2) is 6.29 Å². The van der Waals surface area contributed by atoms with Crippen molar-refractivity contribution in [2.24, 2.45) is 0 Å². The summed E-state index contributed by atoms with van der Waals surface area (Å²) >= 11 is 0. The Morgan fingerprint density at radius 1 is 0.613 bits per heavy atom. The molecule has 0 aromatic heterocycles. The van der Waals surface area contributed by atoms with E-state index in [1.54, 1.807) is 0 Å². The van der Waals surface area contributed by atoms with Crippen molar-refractivity contribution >= 4 is 0 Å². The lowest BCUT2D eigenvalue weighted by atomic mass is 10.1. The van der Waals surface area contributed by atoms with Crippen LogP contribution in [0.5, 0.6) is 0 Å². The van der Waals surface area contributed by atoms with Gasteiger partial charge in [-0.1, -0.05) is 91.0 Å². The summed E-state index contributed by atoms with van der Waals surface area (Å²) in [5.74, 6) is 0. The second-order valence-corrected chi connectivity index (χ2v) is 7.59. The van der Waals surface area contributed by atoms with Crippen molar-refractivity contribution in [3.63, 3.8) is 0 Å². The highest BCUT2D eigenvalue weighted by atomic mass is 16.7. The first-order valence-electron chi connectivity index (χ1n) is 10.6. The summed E-state index contributed by atoms with van der Waals surface area (Å²) in [4.78, 5) is 0. The summed E-state index contributed by atoms with van der Waals surface area (Å²) in [6, 6.07) is 29.8. The van der Waals surface area contributed by atoms with E-state index in [2.05, 4.69) is 0 Å². The topological polar surface area (TPSA) is 57.2 Å². The van der Waals surface area contributed by atoms with E-state index < -0.39 is 24.6 Å². The predicted molar refractivity (Wildman–Crippen MR) is 117 cm³/mol. The van der Waals surface area contributed by atoms with E-state index in [-0.39, 0.29) is 0 Å². The van der Waals surface area contributed by atoms with Crippen LogP contribution < -0.4 is 0 Å². The van der Waals surface area contributed by atoms with Gasteiger partial charge in [-0.3, -0.25) is 0 Å². The van der Waals surface area contributed by atoms with Gasteiger partial charge in [0.1, 0.15) is 18.3 Å². The minimum atomic E-state index is -1.07. The van der Waals surface area contributed by atoms with Crippen LogP contribution in [0, 0.1) is 0 Å². The van der Waals surface area contributed by atoms with Crippen molar-refractivity contribution in [3.8, 4) is 0 Å². The van der Waals surface area contributed by atoms with Crippen LogP contribution in [0.1, 0.15) is 16.7 Å². The minimum absolute atomic E-state index is 0.302. The largest absolute Gasteiger partial charge is 0.374 e. The molecule has 1 heterocycles. The van der Waals surface area contributed by atoms with Crippen LogP contribution >= 0.6 is 0 Å². The molecule has 0 radical (unpaired) electrons. The fourth-order valence-electron chi connectivity index (χ4n) is 3.62. The summed E-state index contributed by atoms with van der Waals surface area (Å²) in [5, 5.41) is 10.5. The molecule has 1 aliphatic heterocycles. The zero-order valence-electron chi connectivity index (χ0n) is 17.4. The van der Waals surface area contributed by atoms with Gasteiger partial charge in [0.25, 0.3) is 0 Å². The SMILES string of the molecule is OC1O[C@H](COCc2ccccc2)[C@H](OCc2ccccc2)[C@H]1OCc1ccccc1. The molecule has 5 heteroatoms. The van der Waals surface area contributed by atoms with Crippen LogP contribution in [0.4, 0.5) is 0 Å². The average Bonchev–Trinajstić information content (AvgIpc) is 3.12. The van der Waals surface area contributed by atoms with E-state index in [9.17, 15) is 5.11 Å². The summed E-state index contributed by atoms with van der Waals surface area (Å²) in [6.07, 6.45) is -2.55. The number of rotatable bonds is 10. The number of aliphatic hydroxyl groups is 1. The van der Waals surface area contributed by atoms with Crippen molar-refractivity contribution in [3.05, 3.63) is 108 Å². The molecular weight excluding hydrogens is 392 g/mol. The van der Waals surface area contributed by atoms with E-state index >= 15 is 0 Å². The fourth-order valence-corrected chi connectivity index (χ4v) is 3.62. The molecule has 5 nitrogen and oxygen atoms in total. The van der Waals surface area contributed by atoms with Crippen molar-refractivity contribution in [2.75, 3.05) is 6.61 Å². The van der Waals surface area contributed by atoms with Gasteiger partial charge in [0, 0.05) is 0 Å². The number of benzene rings is 3. The molecule has 1 N–H and O–H groups in total. The van der Waals surface area contributed by atoms with E-state index in [0.717, 1.165) is 16.7 Å². The highest BCUT2D eigenvalue weighted by Gasteiger charge is 2.45. The molecule has 31 heavy (non-hydrogen) atoms. The van der Waals surface area contributed by atoms with E-state index in [1.165, 1.54) is 0 Å². The number of hydrogen-bond donors (Lipinski definition) is 1. The minimum Gasteiger partial charge on any atom is -0.374 e. The van der Waals surface area contributed by atoms with Crippen molar-refractivity contribution in [2.45, 2.75) is 44.4 Å². The Kier molecular flexibility index (Phi) is 7.82. The van der Waals surface area contributed by atoms with Gasteiger partial charge < -0.3 is 24.1 Å². The first-order valence-corrected chi connectivity index (χ1v) is 10.6. The smallest absolute Gasteiger partial charge is 0.184 e. The summed E-state index contributed by atoms with van der Waals surface area (Å²) < 4.78 is 23.9. The monoisotopic (exact) mass is 420 g/mol. The van der Waals surface area contributed by atoms with Gasteiger partial charge in [-0.2, -0.15) is 0 Å². The fraction of sp³-hybridized carbons (Fsp3) is 0.308. The molecule has 0 spiro atoms. The second kappa shape index (κ2) is 11.2. The summed E-state index contributed by atoms with van der Waals surface area (Å²) in [5.41, 5.74) is 3.16. The van der Waals surface area contributed by atoms with Gasteiger partial charge in [-0.15, -0.1) is 0 Å². The average molecular weight is 421 g/mol. The maximum absolute atomic E-state index is 10.5. The van der Waals surface area contributed by atoms with Gasteiger partial charge in [0.05, 0.1) is 26.4 Å². The third-order valence-electron chi connectivity index (χ3n) is 5.25. The Balaban J connectivity index is 1.39. The van der Waals surface area contributed by atoms with Gasteiger partial charge in [-0.05, 0) is 16.7 Å². The Morgan fingerprint density at radius 3 is 1.58 bits per heavy atom. The van der Waals surface area contributed by atoms with E-state index in [4.69, 9.17) is 18.9 Å². The molecule has 0 aliphatic carbocycles. The normalized spacial score (nSPS) is 23.1. The summed E-state index contributed by atoms with van der Waals surface area (Å²) in [7, 11) is 0. The van der Waals surface area contributed by atoms with Crippen LogP contribution in [0.2, 0.25) is 0 Å². The Labute approximate surface area is 183 Å². The lowest BCUT2D eigenvalue weighted by Gasteiger charge is -2.24. The lowest BCUT2D eigenvalue weighted by molar-refractivity contribution is -0.153. The van der Waals surface area contributed by atoms with Crippen LogP contribution in [-0.2, 0) is 38.8 Å². The predicted octanol–water partition coefficient (Wildman–Crippen LogP) is 4.09. The quantitative estimate of drug-likeness (QED) is 0.535. The zero-order chi connectivity index (χ0) is 21.3. The second-order valence-electron chi connectivity index (χ2n) is 7.59. The molecule has 1 saturated heterocycles.